The number of hydrogen-bond acceptors (Lipinski definition) is 6. The number of nitro benzene ring substituents is 1. The zero-order valence-electron chi connectivity index (χ0n) is 10.8. The SMILES string of the molecule is CNc1ncnc(Oc2c(Cl)cccc2[N+](=O)[O-])c1C. The van der Waals surface area contributed by atoms with E-state index in [9.17, 15) is 10.1 Å². The Morgan fingerprint density at radius 1 is 1.40 bits per heavy atom. The first-order chi connectivity index (χ1) is 9.54. The molecule has 2 rings (SSSR count). The topological polar surface area (TPSA) is 90.2 Å². The van der Waals surface area contributed by atoms with E-state index >= 15 is 0 Å². The number of nitro groups is 1. The highest BCUT2D eigenvalue weighted by Crippen LogP contribution is 2.38. The lowest BCUT2D eigenvalue weighted by atomic mass is 10.3. The molecule has 0 bridgehead atoms. The fraction of sp³-hybridized carbons (Fsp3) is 0.167. The van der Waals surface area contributed by atoms with Crippen molar-refractivity contribution in [3.63, 3.8) is 0 Å². The molecular weight excluding hydrogens is 284 g/mol. The van der Waals surface area contributed by atoms with Gasteiger partial charge in [0.15, 0.2) is 0 Å². The zero-order valence-corrected chi connectivity index (χ0v) is 11.5. The minimum atomic E-state index is -0.559. The Labute approximate surface area is 119 Å². The number of benzene rings is 1. The van der Waals surface area contributed by atoms with Crippen LogP contribution in [0.5, 0.6) is 11.6 Å². The van der Waals surface area contributed by atoms with E-state index in [1.165, 1.54) is 24.5 Å². The molecule has 20 heavy (non-hydrogen) atoms. The van der Waals surface area contributed by atoms with Crippen LogP contribution in [-0.2, 0) is 0 Å². The Morgan fingerprint density at radius 2 is 2.15 bits per heavy atom. The van der Waals surface area contributed by atoms with Crippen LogP contribution in [0, 0.1) is 17.0 Å². The van der Waals surface area contributed by atoms with E-state index in [1.807, 2.05) is 0 Å². The first-order valence-electron chi connectivity index (χ1n) is 5.64. The molecule has 2 aromatic rings. The Bertz CT molecular complexity index is 663. The average molecular weight is 295 g/mol. The Balaban J connectivity index is 2.48. The van der Waals surface area contributed by atoms with Crippen LogP contribution >= 0.6 is 11.6 Å². The van der Waals surface area contributed by atoms with Gasteiger partial charge in [0.25, 0.3) is 0 Å². The number of aromatic nitrogens is 2. The molecule has 0 spiro atoms. The van der Waals surface area contributed by atoms with Gasteiger partial charge in [-0.2, -0.15) is 0 Å². The van der Waals surface area contributed by atoms with E-state index in [1.54, 1.807) is 14.0 Å². The molecule has 0 atom stereocenters. The summed E-state index contributed by atoms with van der Waals surface area (Å²) < 4.78 is 5.51. The van der Waals surface area contributed by atoms with Gasteiger partial charge in [-0.05, 0) is 13.0 Å². The summed E-state index contributed by atoms with van der Waals surface area (Å²) in [4.78, 5) is 18.4. The second kappa shape index (κ2) is 5.70. The summed E-state index contributed by atoms with van der Waals surface area (Å²) >= 11 is 5.96. The number of anilines is 1. The second-order valence-electron chi connectivity index (χ2n) is 3.85. The number of rotatable bonds is 4. The van der Waals surface area contributed by atoms with Crippen molar-refractivity contribution < 1.29 is 9.66 Å². The number of nitrogens with zero attached hydrogens (tertiary/aromatic N) is 3. The molecular formula is C12H11ClN4O3. The lowest BCUT2D eigenvalue weighted by molar-refractivity contribution is -0.385. The molecule has 8 heteroatoms. The maximum Gasteiger partial charge on any atom is 0.313 e. The van der Waals surface area contributed by atoms with Crippen LogP contribution in [0.1, 0.15) is 5.56 Å². The summed E-state index contributed by atoms with van der Waals surface area (Å²) in [6.07, 6.45) is 1.30. The number of para-hydroxylation sites is 1. The van der Waals surface area contributed by atoms with Crippen molar-refractivity contribution in [3.8, 4) is 11.6 Å². The van der Waals surface area contributed by atoms with Gasteiger partial charge in [0.2, 0.25) is 11.6 Å². The van der Waals surface area contributed by atoms with Gasteiger partial charge in [-0.3, -0.25) is 10.1 Å². The highest BCUT2D eigenvalue weighted by atomic mass is 35.5. The largest absolute Gasteiger partial charge is 0.430 e. The summed E-state index contributed by atoms with van der Waals surface area (Å²) in [5.74, 6) is 0.744. The molecule has 0 saturated heterocycles. The molecule has 1 heterocycles. The molecule has 0 radical (unpaired) electrons. The number of hydrogen-bond donors (Lipinski definition) is 1. The summed E-state index contributed by atoms with van der Waals surface area (Å²) in [6.45, 7) is 1.74. The minimum Gasteiger partial charge on any atom is -0.430 e. The third-order valence-corrected chi connectivity index (χ3v) is 2.91. The van der Waals surface area contributed by atoms with Gasteiger partial charge >= 0.3 is 5.69 Å². The minimum absolute atomic E-state index is 0.0389. The molecule has 1 aromatic heterocycles. The average Bonchev–Trinajstić information content (AvgIpc) is 2.42. The van der Waals surface area contributed by atoms with Gasteiger partial charge < -0.3 is 10.1 Å². The standard InChI is InChI=1S/C12H11ClN4O3/c1-7-11(14-2)15-6-16-12(7)20-10-8(13)4-3-5-9(10)17(18)19/h3-6H,1-2H3,(H,14,15,16). The van der Waals surface area contributed by atoms with Crippen LogP contribution in [0.25, 0.3) is 0 Å². The van der Waals surface area contributed by atoms with E-state index in [4.69, 9.17) is 16.3 Å². The van der Waals surface area contributed by atoms with Crippen molar-refractivity contribution in [3.05, 3.63) is 45.2 Å². The van der Waals surface area contributed by atoms with E-state index in [0.29, 0.717) is 11.4 Å². The van der Waals surface area contributed by atoms with Crippen LogP contribution in [0.15, 0.2) is 24.5 Å². The molecule has 0 aliphatic rings. The Hall–Kier alpha value is -2.41. The first kappa shape index (κ1) is 14.0. The molecule has 0 aliphatic heterocycles. The molecule has 0 unspecified atom stereocenters. The number of halogens is 1. The van der Waals surface area contributed by atoms with E-state index in [-0.39, 0.29) is 22.3 Å². The van der Waals surface area contributed by atoms with Crippen LogP contribution in [0.3, 0.4) is 0 Å². The van der Waals surface area contributed by atoms with Crippen LogP contribution in [0.4, 0.5) is 11.5 Å². The Morgan fingerprint density at radius 3 is 2.80 bits per heavy atom. The van der Waals surface area contributed by atoms with E-state index in [2.05, 4.69) is 15.3 Å². The first-order valence-corrected chi connectivity index (χ1v) is 6.02. The molecule has 0 amide bonds. The van der Waals surface area contributed by atoms with Crippen molar-refractivity contribution in [2.45, 2.75) is 6.92 Å². The lowest BCUT2D eigenvalue weighted by Crippen LogP contribution is -2.01. The fourth-order valence-electron chi connectivity index (χ4n) is 1.63. The smallest absolute Gasteiger partial charge is 0.313 e. The van der Waals surface area contributed by atoms with E-state index in [0.717, 1.165) is 0 Å². The van der Waals surface area contributed by atoms with Crippen molar-refractivity contribution in [1.82, 2.24) is 9.97 Å². The normalized spacial score (nSPS) is 10.2. The van der Waals surface area contributed by atoms with Gasteiger partial charge in [-0.1, -0.05) is 17.7 Å². The van der Waals surface area contributed by atoms with Crippen LogP contribution < -0.4 is 10.1 Å². The molecule has 0 fully saturated rings. The second-order valence-corrected chi connectivity index (χ2v) is 4.26. The van der Waals surface area contributed by atoms with Gasteiger partial charge in [0.05, 0.1) is 15.5 Å². The lowest BCUT2D eigenvalue weighted by Gasteiger charge is -2.11. The molecule has 0 aliphatic carbocycles. The summed E-state index contributed by atoms with van der Waals surface area (Å²) in [7, 11) is 1.71. The van der Waals surface area contributed by atoms with Gasteiger partial charge in [-0.25, -0.2) is 9.97 Å². The van der Waals surface area contributed by atoms with Crippen molar-refractivity contribution in [2.24, 2.45) is 0 Å². The number of nitrogens with one attached hydrogen (secondary N) is 1. The van der Waals surface area contributed by atoms with Crippen molar-refractivity contribution >= 4 is 23.1 Å². The third-order valence-electron chi connectivity index (χ3n) is 2.62. The van der Waals surface area contributed by atoms with E-state index < -0.39 is 4.92 Å². The molecule has 1 aromatic carbocycles. The number of ether oxygens (including phenoxy) is 1. The summed E-state index contributed by atoms with van der Waals surface area (Å²) in [5.41, 5.74) is 0.408. The quantitative estimate of drug-likeness (QED) is 0.688. The fourth-order valence-corrected chi connectivity index (χ4v) is 1.84. The van der Waals surface area contributed by atoms with Crippen LogP contribution in [-0.4, -0.2) is 21.9 Å². The molecule has 104 valence electrons. The highest BCUT2D eigenvalue weighted by Gasteiger charge is 2.20. The molecule has 7 nitrogen and oxygen atoms in total. The van der Waals surface area contributed by atoms with Gasteiger partial charge in [0.1, 0.15) is 12.1 Å². The maximum absolute atomic E-state index is 11.0. The van der Waals surface area contributed by atoms with Crippen molar-refractivity contribution in [2.75, 3.05) is 12.4 Å². The monoisotopic (exact) mass is 294 g/mol. The maximum atomic E-state index is 11.0. The predicted molar refractivity (Wildman–Crippen MR) is 74.5 cm³/mol. The molecule has 1 N–H and O–H groups in total. The third kappa shape index (κ3) is 2.62. The highest BCUT2D eigenvalue weighted by molar-refractivity contribution is 6.32. The van der Waals surface area contributed by atoms with Gasteiger partial charge in [0, 0.05) is 13.1 Å². The van der Waals surface area contributed by atoms with Crippen molar-refractivity contribution in [1.29, 1.82) is 0 Å². The van der Waals surface area contributed by atoms with Crippen LogP contribution in [0.2, 0.25) is 5.02 Å². The summed E-state index contributed by atoms with van der Waals surface area (Å²) in [6, 6.07) is 4.31. The predicted octanol–water partition coefficient (Wildman–Crippen LogP) is 3.18. The Kier molecular flexibility index (Phi) is 3.99. The molecule has 0 saturated carbocycles. The van der Waals surface area contributed by atoms with Gasteiger partial charge in [-0.15, -0.1) is 0 Å². The summed E-state index contributed by atoms with van der Waals surface area (Å²) in [5, 5.41) is 14.0. The zero-order chi connectivity index (χ0) is 14.7.